The predicted molar refractivity (Wildman–Crippen MR) is 119 cm³/mol. The summed E-state index contributed by atoms with van der Waals surface area (Å²) in [5, 5.41) is 24.0. The fraction of sp³-hybridized carbons (Fsp3) is 0.280. The molecule has 0 saturated heterocycles. The lowest BCUT2D eigenvalue weighted by molar-refractivity contribution is -0.274. The Hall–Kier alpha value is -3.34. The molecule has 2 heterocycles. The summed E-state index contributed by atoms with van der Waals surface area (Å²) in [6.45, 7) is 0. The molecule has 2 aliphatic rings. The van der Waals surface area contributed by atoms with Crippen molar-refractivity contribution in [3.05, 3.63) is 88.7 Å². The molecule has 2 aromatic carbocycles. The van der Waals surface area contributed by atoms with E-state index >= 15 is 0 Å². The van der Waals surface area contributed by atoms with E-state index in [4.69, 9.17) is 21.1 Å². The summed E-state index contributed by atoms with van der Waals surface area (Å²) in [5.41, 5.74) is -3.59. The minimum absolute atomic E-state index is 0.0592. The van der Waals surface area contributed by atoms with E-state index in [2.05, 4.69) is 9.72 Å². The van der Waals surface area contributed by atoms with Gasteiger partial charge in [0, 0.05) is 18.2 Å². The predicted octanol–water partition coefficient (Wildman–Crippen LogP) is 4.06. The van der Waals surface area contributed by atoms with Gasteiger partial charge in [-0.1, -0.05) is 54.1 Å². The van der Waals surface area contributed by atoms with Gasteiger partial charge in [0.05, 0.1) is 18.1 Å². The number of rotatable bonds is 4. The van der Waals surface area contributed by atoms with Gasteiger partial charge in [-0.2, -0.15) is 0 Å². The average Bonchev–Trinajstić information content (AvgIpc) is 3.21. The molecule has 5 atom stereocenters. The van der Waals surface area contributed by atoms with Crippen molar-refractivity contribution < 1.29 is 42.4 Å². The highest BCUT2D eigenvalue weighted by Gasteiger charge is 2.78. The maximum Gasteiger partial charge on any atom is 0.573 e. The fourth-order valence-electron chi connectivity index (χ4n) is 5.43. The van der Waals surface area contributed by atoms with Crippen LogP contribution in [0.15, 0.2) is 66.9 Å². The van der Waals surface area contributed by atoms with Crippen molar-refractivity contribution in [1.29, 1.82) is 0 Å². The van der Waals surface area contributed by atoms with E-state index in [1.54, 1.807) is 30.3 Å². The van der Waals surface area contributed by atoms with Gasteiger partial charge >= 0.3 is 12.3 Å². The van der Waals surface area contributed by atoms with E-state index in [9.17, 15) is 28.2 Å². The Morgan fingerprint density at radius 2 is 1.81 bits per heavy atom. The first-order chi connectivity index (χ1) is 17.0. The van der Waals surface area contributed by atoms with Gasteiger partial charge in [-0.05, 0) is 23.3 Å². The number of ether oxygens (including phenoxy) is 3. The number of hydrogen-bond acceptors (Lipinski definition) is 7. The molecule has 5 rings (SSSR count). The summed E-state index contributed by atoms with van der Waals surface area (Å²) in [6.07, 6.45) is -5.42. The topological polar surface area (TPSA) is 98.1 Å². The van der Waals surface area contributed by atoms with Crippen LogP contribution in [-0.2, 0) is 20.7 Å². The third kappa shape index (κ3) is 3.43. The molecule has 7 nitrogen and oxygen atoms in total. The van der Waals surface area contributed by atoms with Crippen LogP contribution >= 0.6 is 11.6 Å². The fourth-order valence-corrected chi connectivity index (χ4v) is 5.58. The number of halogens is 4. The third-order valence-electron chi connectivity index (χ3n) is 6.73. The third-order valence-corrected chi connectivity index (χ3v) is 6.94. The van der Waals surface area contributed by atoms with Gasteiger partial charge in [0.25, 0.3) is 0 Å². The van der Waals surface area contributed by atoms with E-state index in [1.807, 2.05) is 0 Å². The lowest BCUT2D eigenvalue weighted by atomic mass is 9.71. The number of alkyl halides is 3. The Morgan fingerprint density at radius 1 is 1.14 bits per heavy atom. The summed E-state index contributed by atoms with van der Waals surface area (Å²) in [5.74, 6) is -3.62. The minimum atomic E-state index is -4.91. The summed E-state index contributed by atoms with van der Waals surface area (Å²) in [6, 6.07) is 14.6. The molecule has 1 fully saturated rings. The largest absolute Gasteiger partial charge is 0.573 e. The van der Waals surface area contributed by atoms with Crippen LogP contribution in [-0.4, -0.2) is 40.7 Å². The molecule has 2 N–H and O–H groups in total. The zero-order chi connectivity index (χ0) is 25.9. The van der Waals surface area contributed by atoms with Crippen molar-refractivity contribution in [1.82, 2.24) is 4.98 Å². The number of aliphatic hydroxyl groups is 2. The summed E-state index contributed by atoms with van der Waals surface area (Å²) in [7, 11) is 1.15. The van der Waals surface area contributed by atoms with E-state index in [0.717, 1.165) is 19.2 Å². The number of benzene rings is 2. The molecule has 36 heavy (non-hydrogen) atoms. The second kappa shape index (κ2) is 8.36. The SMILES string of the molecule is COC(=O)[C@H]1[C@@H](O)[C@@]2(O)c3ncc(Cl)cc3O[C@@]2(c2ccc(OC(F)(F)F)cc2)[C@@H]1c1ccccc1. The number of methoxy groups -OCH3 is 1. The Kier molecular flexibility index (Phi) is 5.66. The number of nitrogens with zero attached hydrogens (tertiary/aromatic N) is 1. The summed E-state index contributed by atoms with van der Waals surface area (Å²) in [4.78, 5) is 17.2. The van der Waals surface area contributed by atoms with Crippen molar-refractivity contribution in [2.45, 2.75) is 29.6 Å². The zero-order valence-corrected chi connectivity index (χ0v) is 19.3. The van der Waals surface area contributed by atoms with Crippen LogP contribution in [0, 0.1) is 5.92 Å². The molecule has 0 unspecified atom stereocenters. The number of carbonyl (C=O) groups is 1. The lowest BCUT2D eigenvalue weighted by Gasteiger charge is -2.40. The van der Waals surface area contributed by atoms with Gasteiger partial charge < -0.3 is 24.4 Å². The van der Waals surface area contributed by atoms with E-state index in [0.29, 0.717) is 5.56 Å². The molecular formula is C25H19ClF3NO6. The van der Waals surface area contributed by atoms with Crippen LogP contribution in [0.4, 0.5) is 13.2 Å². The molecule has 0 spiro atoms. The van der Waals surface area contributed by atoms with Crippen molar-refractivity contribution in [3.63, 3.8) is 0 Å². The maximum absolute atomic E-state index is 13.0. The molecule has 188 valence electrons. The molecule has 3 aromatic rings. The van der Waals surface area contributed by atoms with Crippen LogP contribution in [0.5, 0.6) is 11.5 Å². The monoisotopic (exact) mass is 521 g/mol. The molecule has 0 bridgehead atoms. The number of pyridine rings is 1. The van der Waals surface area contributed by atoms with Crippen molar-refractivity contribution >= 4 is 17.6 Å². The molecule has 1 aliphatic carbocycles. The Labute approximate surface area is 208 Å². The second-order valence-electron chi connectivity index (χ2n) is 8.56. The highest BCUT2D eigenvalue weighted by molar-refractivity contribution is 6.30. The lowest BCUT2D eigenvalue weighted by Crippen LogP contribution is -2.52. The molecule has 1 aliphatic heterocycles. The number of hydrogen-bond donors (Lipinski definition) is 2. The van der Waals surface area contributed by atoms with Gasteiger partial charge in [-0.3, -0.25) is 9.78 Å². The molecule has 0 radical (unpaired) electrons. The minimum Gasteiger partial charge on any atom is -0.476 e. The highest BCUT2D eigenvalue weighted by Crippen LogP contribution is 2.68. The van der Waals surface area contributed by atoms with Gasteiger partial charge in [-0.25, -0.2) is 0 Å². The first-order valence-corrected chi connectivity index (χ1v) is 11.1. The van der Waals surface area contributed by atoms with Gasteiger partial charge in [-0.15, -0.1) is 13.2 Å². The molecule has 0 amide bonds. The number of fused-ring (bicyclic) bond motifs is 3. The van der Waals surface area contributed by atoms with Gasteiger partial charge in [0.15, 0.2) is 11.2 Å². The average molecular weight is 522 g/mol. The normalized spacial score (nSPS) is 28.7. The van der Waals surface area contributed by atoms with Gasteiger partial charge in [0.2, 0.25) is 0 Å². The Balaban J connectivity index is 1.78. The maximum atomic E-state index is 13.0. The van der Waals surface area contributed by atoms with E-state index in [-0.39, 0.29) is 22.0 Å². The van der Waals surface area contributed by atoms with E-state index in [1.165, 1.54) is 24.4 Å². The molecule has 1 saturated carbocycles. The van der Waals surface area contributed by atoms with Crippen LogP contribution in [0.1, 0.15) is 22.7 Å². The number of aliphatic hydroxyl groups excluding tert-OH is 1. The number of esters is 1. The van der Waals surface area contributed by atoms with Crippen LogP contribution in [0.25, 0.3) is 0 Å². The molecule has 11 heteroatoms. The van der Waals surface area contributed by atoms with Crippen molar-refractivity contribution in [3.8, 4) is 11.5 Å². The van der Waals surface area contributed by atoms with E-state index < -0.39 is 47.2 Å². The summed E-state index contributed by atoms with van der Waals surface area (Å²) < 4.78 is 53.6. The molecule has 1 aromatic heterocycles. The Bertz CT molecular complexity index is 1310. The quantitative estimate of drug-likeness (QED) is 0.500. The first-order valence-electron chi connectivity index (χ1n) is 10.8. The smallest absolute Gasteiger partial charge is 0.476 e. The van der Waals surface area contributed by atoms with Gasteiger partial charge in [0.1, 0.15) is 23.3 Å². The Morgan fingerprint density at radius 3 is 2.42 bits per heavy atom. The van der Waals surface area contributed by atoms with Crippen molar-refractivity contribution in [2.75, 3.05) is 7.11 Å². The highest BCUT2D eigenvalue weighted by atomic mass is 35.5. The first kappa shape index (κ1) is 24.4. The number of carbonyl (C=O) groups excluding carboxylic acids is 1. The van der Waals surface area contributed by atoms with Crippen molar-refractivity contribution in [2.24, 2.45) is 5.92 Å². The standard InChI is InChI=1S/C25H19ClF3NO6/c1-34-22(32)18-19(13-5-3-2-4-6-13)24(14-7-9-16(10-8-14)35-25(27,28)29)23(33,21(18)31)20-17(36-24)11-15(26)12-30-20/h2-12,18-19,21,31,33H,1H3/t18-,19-,21-,23+,24+/m1/s1. The van der Waals surface area contributed by atoms with Crippen LogP contribution < -0.4 is 9.47 Å². The number of aromatic nitrogens is 1. The van der Waals surface area contributed by atoms with Crippen LogP contribution in [0.2, 0.25) is 5.02 Å². The molecular weight excluding hydrogens is 503 g/mol. The van der Waals surface area contributed by atoms with Crippen LogP contribution in [0.3, 0.4) is 0 Å². The zero-order valence-electron chi connectivity index (χ0n) is 18.6. The summed E-state index contributed by atoms with van der Waals surface area (Å²) >= 11 is 6.11. The second-order valence-corrected chi connectivity index (χ2v) is 9.00.